The minimum absolute atomic E-state index is 0.0116. The van der Waals surface area contributed by atoms with Crippen LogP contribution in [-0.2, 0) is 16.0 Å². The summed E-state index contributed by atoms with van der Waals surface area (Å²) in [4.78, 5) is 21.8. The Balaban J connectivity index is 2.52. The molecule has 0 heterocycles. The average molecular weight is 292 g/mol. The third-order valence-corrected chi connectivity index (χ3v) is 2.73. The standard InChI is InChI=1S/C11H11Cl2NO4/c12-7-2-1-6(8(13)4-7)3-10(16)14-5-9(15)11(17)18/h1-2,4,9,15H,3,5H2,(H,14,16)(H,17,18)/t9-/m0/s1. The van der Waals surface area contributed by atoms with Crippen LogP contribution in [0.3, 0.4) is 0 Å². The van der Waals surface area contributed by atoms with Crippen molar-refractivity contribution in [1.82, 2.24) is 5.32 Å². The predicted molar refractivity (Wildman–Crippen MR) is 66.8 cm³/mol. The Bertz CT molecular complexity index is 464. The van der Waals surface area contributed by atoms with Crippen LogP contribution >= 0.6 is 23.2 Å². The van der Waals surface area contributed by atoms with Crippen molar-refractivity contribution in [3.8, 4) is 0 Å². The number of carboxylic acid groups (broad SMARTS) is 1. The molecule has 0 saturated heterocycles. The molecule has 0 aliphatic heterocycles. The van der Waals surface area contributed by atoms with E-state index in [1.54, 1.807) is 12.1 Å². The highest BCUT2D eigenvalue weighted by molar-refractivity contribution is 6.35. The number of carbonyl (C=O) groups excluding carboxylic acids is 1. The van der Waals surface area contributed by atoms with Gasteiger partial charge in [0.2, 0.25) is 5.91 Å². The first-order chi connectivity index (χ1) is 8.40. The molecule has 1 aromatic carbocycles. The quantitative estimate of drug-likeness (QED) is 0.758. The number of nitrogens with one attached hydrogen (secondary N) is 1. The molecule has 18 heavy (non-hydrogen) atoms. The normalized spacial score (nSPS) is 11.9. The van der Waals surface area contributed by atoms with Crippen molar-refractivity contribution in [2.45, 2.75) is 12.5 Å². The zero-order chi connectivity index (χ0) is 13.7. The second kappa shape index (κ2) is 6.58. The van der Waals surface area contributed by atoms with Gasteiger partial charge in [0.15, 0.2) is 6.10 Å². The van der Waals surface area contributed by atoms with Crippen LogP contribution in [0.25, 0.3) is 0 Å². The lowest BCUT2D eigenvalue weighted by Gasteiger charge is -2.08. The Morgan fingerprint density at radius 3 is 2.56 bits per heavy atom. The van der Waals surface area contributed by atoms with E-state index in [4.69, 9.17) is 33.4 Å². The zero-order valence-corrected chi connectivity index (χ0v) is 10.7. The summed E-state index contributed by atoms with van der Waals surface area (Å²) < 4.78 is 0. The van der Waals surface area contributed by atoms with Gasteiger partial charge >= 0.3 is 5.97 Å². The molecule has 5 nitrogen and oxygen atoms in total. The molecule has 0 aliphatic rings. The molecule has 0 spiro atoms. The van der Waals surface area contributed by atoms with Crippen LogP contribution in [0, 0.1) is 0 Å². The lowest BCUT2D eigenvalue weighted by molar-refractivity contribution is -0.146. The largest absolute Gasteiger partial charge is 0.479 e. The molecule has 1 rings (SSSR count). The molecule has 0 fully saturated rings. The Labute approximate surface area is 113 Å². The van der Waals surface area contributed by atoms with Gasteiger partial charge in [0.25, 0.3) is 0 Å². The number of rotatable bonds is 5. The van der Waals surface area contributed by atoms with E-state index in [-0.39, 0.29) is 13.0 Å². The van der Waals surface area contributed by atoms with Crippen molar-refractivity contribution in [3.05, 3.63) is 33.8 Å². The van der Waals surface area contributed by atoms with Crippen LogP contribution < -0.4 is 5.32 Å². The number of amides is 1. The molecule has 1 atom stereocenters. The molecule has 1 aromatic rings. The molecular formula is C11H11Cl2NO4. The van der Waals surface area contributed by atoms with Gasteiger partial charge in [-0.15, -0.1) is 0 Å². The smallest absolute Gasteiger partial charge is 0.334 e. The molecule has 3 N–H and O–H groups in total. The topological polar surface area (TPSA) is 86.6 Å². The SMILES string of the molecule is O=C(Cc1ccc(Cl)cc1Cl)NC[C@H](O)C(=O)O. The predicted octanol–water partition coefficient (Wildman–Crippen LogP) is 1.10. The monoisotopic (exact) mass is 291 g/mol. The van der Waals surface area contributed by atoms with E-state index in [0.29, 0.717) is 15.6 Å². The Kier molecular flexibility index (Phi) is 5.40. The molecule has 0 unspecified atom stereocenters. The van der Waals surface area contributed by atoms with Gasteiger partial charge in [-0.05, 0) is 17.7 Å². The Hall–Kier alpha value is -1.30. The van der Waals surface area contributed by atoms with Crippen LogP contribution in [-0.4, -0.2) is 34.7 Å². The fourth-order valence-electron chi connectivity index (χ4n) is 1.20. The van der Waals surface area contributed by atoms with Crippen molar-refractivity contribution in [3.63, 3.8) is 0 Å². The van der Waals surface area contributed by atoms with Gasteiger partial charge in [0.05, 0.1) is 13.0 Å². The summed E-state index contributed by atoms with van der Waals surface area (Å²) >= 11 is 11.6. The van der Waals surface area contributed by atoms with Crippen molar-refractivity contribution in [2.24, 2.45) is 0 Å². The van der Waals surface area contributed by atoms with Gasteiger partial charge in [0, 0.05) is 10.0 Å². The molecule has 98 valence electrons. The number of halogens is 2. The number of aliphatic hydroxyl groups is 1. The third kappa shape index (κ3) is 4.52. The minimum Gasteiger partial charge on any atom is -0.479 e. The van der Waals surface area contributed by atoms with E-state index >= 15 is 0 Å². The second-order valence-corrected chi connectivity index (χ2v) is 4.41. The highest BCUT2D eigenvalue weighted by Crippen LogP contribution is 2.21. The summed E-state index contributed by atoms with van der Waals surface area (Å²) in [5, 5.41) is 20.5. The van der Waals surface area contributed by atoms with Crippen LogP contribution in [0.15, 0.2) is 18.2 Å². The van der Waals surface area contributed by atoms with E-state index in [1.807, 2.05) is 0 Å². The minimum atomic E-state index is -1.62. The summed E-state index contributed by atoms with van der Waals surface area (Å²) in [6, 6.07) is 4.72. The van der Waals surface area contributed by atoms with Gasteiger partial charge in [-0.3, -0.25) is 4.79 Å². The number of carbonyl (C=O) groups is 2. The third-order valence-electron chi connectivity index (χ3n) is 2.14. The number of aliphatic carboxylic acids is 1. The number of hydrogen-bond acceptors (Lipinski definition) is 3. The van der Waals surface area contributed by atoms with Crippen molar-refractivity contribution in [2.75, 3.05) is 6.54 Å². The number of carboxylic acids is 1. The van der Waals surface area contributed by atoms with Gasteiger partial charge in [-0.25, -0.2) is 4.79 Å². The van der Waals surface area contributed by atoms with Crippen molar-refractivity contribution in [1.29, 1.82) is 0 Å². The van der Waals surface area contributed by atoms with Crippen molar-refractivity contribution >= 4 is 35.1 Å². The molecular weight excluding hydrogens is 281 g/mol. The van der Waals surface area contributed by atoms with Gasteiger partial charge in [-0.1, -0.05) is 29.3 Å². The van der Waals surface area contributed by atoms with E-state index in [0.717, 1.165) is 0 Å². The maximum absolute atomic E-state index is 11.5. The molecule has 0 bridgehead atoms. The van der Waals surface area contributed by atoms with Gasteiger partial charge < -0.3 is 15.5 Å². The number of aliphatic hydroxyl groups excluding tert-OH is 1. The van der Waals surface area contributed by atoms with Crippen LogP contribution in [0.4, 0.5) is 0 Å². The van der Waals surface area contributed by atoms with Crippen LogP contribution in [0.2, 0.25) is 10.0 Å². The van der Waals surface area contributed by atoms with E-state index in [2.05, 4.69) is 5.32 Å². The lowest BCUT2D eigenvalue weighted by atomic mass is 10.1. The van der Waals surface area contributed by atoms with Gasteiger partial charge in [-0.2, -0.15) is 0 Å². The van der Waals surface area contributed by atoms with Gasteiger partial charge in [0.1, 0.15) is 0 Å². The average Bonchev–Trinajstić information content (AvgIpc) is 2.29. The lowest BCUT2D eigenvalue weighted by Crippen LogP contribution is -2.37. The first-order valence-corrected chi connectivity index (χ1v) is 5.77. The second-order valence-electron chi connectivity index (χ2n) is 3.57. The van der Waals surface area contributed by atoms with Crippen molar-refractivity contribution < 1.29 is 19.8 Å². The highest BCUT2D eigenvalue weighted by Gasteiger charge is 2.14. The van der Waals surface area contributed by atoms with Crippen LogP contribution in [0.1, 0.15) is 5.56 Å². The first kappa shape index (κ1) is 14.8. The fraction of sp³-hybridized carbons (Fsp3) is 0.273. The maximum Gasteiger partial charge on any atom is 0.334 e. The summed E-state index contributed by atoms with van der Waals surface area (Å²) in [6.45, 7) is -0.348. The molecule has 0 aromatic heterocycles. The van der Waals surface area contributed by atoms with Crippen LogP contribution in [0.5, 0.6) is 0 Å². The maximum atomic E-state index is 11.5. The summed E-state index contributed by atoms with van der Waals surface area (Å²) in [6.07, 6.45) is -1.63. The summed E-state index contributed by atoms with van der Waals surface area (Å²) in [7, 11) is 0. The molecule has 0 aliphatic carbocycles. The van der Waals surface area contributed by atoms with E-state index < -0.39 is 18.0 Å². The molecule has 0 radical (unpaired) electrons. The molecule has 0 saturated carbocycles. The zero-order valence-electron chi connectivity index (χ0n) is 9.19. The number of hydrogen-bond donors (Lipinski definition) is 3. The fourth-order valence-corrected chi connectivity index (χ4v) is 1.67. The first-order valence-electron chi connectivity index (χ1n) is 5.01. The summed E-state index contributed by atoms with van der Waals surface area (Å²) in [5.74, 6) is -1.82. The number of benzene rings is 1. The Morgan fingerprint density at radius 2 is 2.00 bits per heavy atom. The highest BCUT2D eigenvalue weighted by atomic mass is 35.5. The summed E-state index contributed by atoms with van der Waals surface area (Å²) in [5.41, 5.74) is 0.573. The molecule has 7 heteroatoms. The van der Waals surface area contributed by atoms with E-state index in [9.17, 15) is 9.59 Å². The molecule has 1 amide bonds. The Morgan fingerprint density at radius 1 is 1.33 bits per heavy atom. The van der Waals surface area contributed by atoms with E-state index in [1.165, 1.54) is 6.07 Å².